The van der Waals surface area contributed by atoms with Crippen molar-refractivity contribution in [2.24, 2.45) is 0 Å². The van der Waals surface area contributed by atoms with Crippen molar-refractivity contribution in [2.45, 2.75) is 58.0 Å². The molecule has 0 unspecified atom stereocenters. The van der Waals surface area contributed by atoms with Gasteiger partial charge in [0.2, 0.25) is 0 Å². The molecule has 0 saturated heterocycles. The van der Waals surface area contributed by atoms with Crippen molar-refractivity contribution in [1.82, 2.24) is 0 Å². The predicted molar refractivity (Wildman–Crippen MR) is 114 cm³/mol. The van der Waals surface area contributed by atoms with E-state index in [0.29, 0.717) is 19.1 Å². The molecule has 0 radical (unpaired) electrons. The molecule has 27 heavy (non-hydrogen) atoms. The summed E-state index contributed by atoms with van der Waals surface area (Å²) in [5.74, 6) is 0.689. The first kappa shape index (κ1) is 29.8. The molecule has 0 aromatic heterocycles. The first-order chi connectivity index (χ1) is 11.7. The molecular formula is C19H35BrMgO4Si2. The summed E-state index contributed by atoms with van der Waals surface area (Å²) >= 11 is 0. The smallest absolute Gasteiger partial charge is 1.00 e. The average Bonchev–Trinajstić information content (AvgIpc) is 2.49. The third kappa shape index (κ3) is 18.4. The van der Waals surface area contributed by atoms with Crippen LogP contribution in [-0.4, -0.2) is 66.0 Å². The van der Waals surface area contributed by atoms with Gasteiger partial charge in [0.05, 0.1) is 6.61 Å². The van der Waals surface area contributed by atoms with Crippen molar-refractivity contribution in [1.29, 1.82) is 0 Å². The average molecular weight is 488 g/mol. The van der Waals surface area contributed by atoms with Crippen LogP contribution in [0.5, 0.6) is 5.75 Å². The second-order valence-corrected chi connectivity index (χ2v) is 20.0. The van der Waals surface area contributed by atoms with E-state index in [2.05, 4.69) is 45.3 Å². The molecule has 0 amide bonds. The molecule has 0 aliphatic rings. The SMILES string of the molecule is C[Si](C)(C)CCOCOCc1cc[c-]c(OCOCC[Si](C)(C)C)c1.[Br-].[Mg+2]. The maximum absolute atomic E-state index is 5.60. The monoisotopic (exact) mass is 486 g/mol. The van der Waals surface area contributed by atoms with Crippen molar-refractivity contribution in [3.63, 3.8) is 0 Å². The Kier molecular flexibility index (Phi) is 17.0. The fourth-order valence-corrected chi connectivity index (χ4v) is 3.37. The number of rotatable bonds is 13. The van der Waals surface area contributed by atoms with Crippen LogP contribution in [0.25, 0.3) is 0 Å². The van der Waals surface area contributed by atoms with Gasteiger partial charge in [-0.3, -0.25) is 0 Å². The minimum absolute atomic E-state index is 0. The first-order valence-corrected chi connectivity index (χ1v) is 16.4. The fraction of sp³-hybridized carbons (Fsp3) is 0.684. The van der Waals surface area contributed by atoms with Crippen molar-refractivity contribution in [3.8, 4) is 5.75 Å². The molecule has 0 aliphatic heterocycles. The van der Waals surface area contributed by atoms with Crippen LogP contribution in [0, 0.1) is 6.07 Å². The van der Waals surface area contributed by atoms with Crippen LogP contribution in [0.3, 0.4) is 0 Å². The molecular weight excluding hydrogens is 453 g/mol. The van der Waals surface area contributed by atoms with E-state index in [9.17, 15) is 0 Å². The Hall–Kier alpha value is 0.580. The Morgan fingerprint density at radius 2 is 1.41 bits per heavy atom. The second kappa shape index (κ2) is 15.4. The molecule has 0 N–H and O–H groups in total. The number of halogens is 1. The summed E-state index contributed by atoms with van der Waals surface area (Å²) in [6.45, 7) is 16.7. The molecule has 0 aliphatic carbocycles. The molecule has 0 bridgehead atoms. The molecule has 8 heteroatoms. The summed E-state index contributed by atoms with van der Waals surface area (Å²) in [7, 11) is -2.07. The minimum atomic E-state index is -1.05. The third-order valence-electron chi connectivity index (χ3n) is 3.57. The van der Waals surface area contributed by atoms with Crippen molar-refractivity contribution in [2.75, 3.05) is 26.8 Å². The van der Waals surface area contributed by atoms with E-state index < -0.39 is 16.1 Å². The zero-order valence-electron chi connectivity index (χ0n) is 17.9. The van der Waals surface area contributed by atoms with Crippen LogP contribution in [-0.2, 0) is 20.8 Å². The molecule has 1 aromatic carbocycles. The summed E-state index contributed by atoms with van der Waals surface area (Å²) in [5.41, 5.74) is 1.05. The molecule has 4 nitrogen and oxygen atoms in total. The van der Waals surface area contributed by atoms with Gasteiger partial charge in [-0.15, -0.1) is 17.7 Å². The van der Waals surface area contributed by atoms with Gasteiger partial charge < -0.3 is 35.9 Å². The largest absolute Gasteiger partial charge is 2.00 e. The quantitative estimate of drug-likeness (QED) is 0.183. The van der Waals surface area contributed by atoms with Gasteiger partial charge >= 0.3 is 23.1 Å². The molecule has 152 valence electrons. The van der Waals surface area contributed by atoms with E-state index in [1.54, 1.807) is 0 Å². The van der Waals surface area contributed by atoms with E-state index in [4.69, 9.17) is 18.9 Å². The van der Waals surface area contributed by atoms with Crippen LogP contribution >= 0.6 is 0 Å². The molecule has 0 spiro atoms. The van der Waals surface area contributed by atoms with Crippen LogP contribution in [0.15, 0.2) is 18.2 Å². The van der Waals surface area contributed by atoms with E-state index in [1.165, 1.54) is 0 Å². The fourth-order valence-electron chi connectivity index (χ4n) is 1.86. The van der Waals surface area contributed by atoms with Crippen molar-refractivity contribution < 1.29 is 35.9 Å². The number of benzene rings is 1. The van der Waals surface area contributed by atoms with Crippen LogP contribution in [0.4, 0.5) is 0 Å². The normalized spacial score (nSPS) is 11.5. The van der Waals surface area contributed by atoms with Gasteiger partial charge in [0, 0.05) is 35.1 Å². The van der Waals surface area contributed by atoms with Gasteiger partial charge in [0.1, 0.15) is 6.79 Å². The van der Waals surface area contributed by atoms with E-state index in [1.807, 2.05) is 18.2 Å². The Balaban J connectivity index is 0. The first-order valence-electron chi connectivity index (χ1n) is 9.02. The van der Waals surface area contributed by atoms with Crippen LogP contribution in [0.1, 0.15) is 5.56 Å². The Morgan fingerprint density at radius 1 is 0.852 bits per heavy atom. The number of hydrogen-bond donors (Lipinski definition) is 0. The Bertz CT molecular complexity index is 493. The Morgan fingerprint density at radius 3 is 1.96 bits per heavy atom. The van der Waals surface area contributed by atoms with E-state index >= 15 is 0 Å². The minimum Gasteiger partial charge on any atom is -1.00 e. The maximum Gasteiger partial charge on any atom is 2.00 e. The molecule has 0 saturated carbocycles. The zero-order chi connectivity index (χ0) is 18.8. The van der Waals surface area contributed by atoms with Gasteiger partial charge in [-0.2, -0.15) is 12.1 Å². The molecule has 0 heterocycles. The van der Waals surface area contributed by atoms with E-state index in [-0.39, 0.29) is 46.8 Å². The molecule has 1 rings (SSSR count). The van der Waals surface area contributed by atoms with Gasteiger partial charge in [-0.05, 0) is 12.1 Å². The number of hydrogen-bond acceptors (Lipinski definition) is 4. The van der Waals surface area contributed by atoms with Gasteiger partial charge in [0.25, 0.3) is 0 Å². The van der Waals surface area contributed by atoms with Crippen molar-refractivity contribution in [3.05, 3.63) is 29.8 Å². The van der Waals surface area contributed by atoms with Gasteiger partial charge in [0.15, 0.2) is 6.79 Å². The van der Waals surface area contributed by atoms with Crippen molar-refractivity contribution >= 4 is 39.2 Å². The third-order valence-corrected chi connectivity index (χ3v) is 6.97. The number of ether oxygens (including phenoxy) is 4. The van der Waals surface area contributed by atoms with Gasteiger partial charge in [-0.1, -0.05) is 39.3 Å². The zero-order valence-corrected chi connectivity index (χ0v) is 22.9. The van der Waals surface area contributed by atoms with E-state index in [0.717, 1.165) is 30.9 Å². The molecule has 0 atom stereocenters. The van der Waals surface area contributed by atoms with Crippen LogP contribution in [0.2, 0.25) is 51.4 Å². The Labute approximate surface area is 194 Å². The molecule has 1 aromatic rings. The topological polar surface area (TPSA) is 36.9 Å². The molecule has 0 fully saturated rings. The van der Waals surface area contributed by atoms with Crippen LogP contribution < -0.4 is 21.7 Å². The second-order valence-electron chi connectivity index (χ2n) is 8.73. The summed E-state index contributed by atoms with van der Waals surface area (Å²) < 4.78 is 22.3. The maximum atomic E-state index is 5.60. The summed E-state index contributed by atoms with van der Waals surface area (Å²) in [4.78, 5) is 0. The summed E-state index contributed by atoms with van der Waals surface area (Å²) in [5, 5.41) is 0. The standard InChI is InChI=1S/C19H35O4Si2.BrH.Mg/c1-24(2,3)12-10-20-16-22-15-18-8-7-9-19(14-18)23-17-21-11-13-25(4,5)6;;/h7-8,14H,10-13,15-17H2,1-6H3;1H;/q-1;;+2/p-1. The van der Waals surface area contributed by atoms with Gasteiger partial charge in [-0.25, -0.2) is 0 Å². The predicted octanol–water partition coefficient (Wildman–Crippen LogP) is 1.63. The summed E-state index contributed by atoms with van der Waals surface area (Å²) in [6.07, 6.45) is 0. The summed E-state index contributed by atoms with van der Waals surface area (Å²) in [6, 6.07) is 11.1.